The number of hydrogen-bond acceptors (Lipinski definition) is 2. The highest BCUT2D eigenvalue weighted by Gasteiger charge is 2.07. The van der Waals surface area contributed by atoms with Crippen molar-refractivity contribution in [1.29, 1.82) is 0 Å². The highest BCUT2D eigenvalue weighted by molar-refractivity contribution is 7.09. The molecule has 1 nitrogen and oxygen atoms in total. The van der Waals surface area contributed by atoms with Crippen molar-refractivity contribution in [3.63, 3.8) is 0 Å². The number of halogens is 1. The van der Waals surface area contributed by atoms with Crippen LogP contribution in [0.4, 0.5) is 0 Å². The van der Waals surface area contributed by atoms with Gasteiger partial charge in [0, 0.05) is 11.3 Å². The lowest BCUT2D eigenvalue weighted by molar-refractivity contribution is -0.112. The van der Waals surface area contributed by atoms with Crippen molar-refractivity contribution in [2.75, 3.05) is 0 Å². The lowest BCUT2D eigenvalue weighted by atomic mass is 10.0. The van der Waals surface area contributed by atoms with E-state index in [1.54, 1.807) is 11.3 Å². The van der Waals surface area contributed by atoms with Crippen molar-refractivity contribution >= 4 is 28.2 Å². The van der Waals surface area contributed by atoms with Crippen LogP contribution < -0.4 is 0 Å². The highest BCUT2D eigenvalue weighted by Crippen LogP contribution is 2.17. The summed E-state index contributed by atoms with van der Waals surface area (Å²) in [6.45, 7) is 2.04. The van der Waals surface area contributed by atoms with Gasteiger partial charge in [-0.2, -0.15) is 0 Å². The van der Waals surface area contributed by atoms with E-state index < -0.39 is 0 Å². The Morgan fingerprint density at radius 1 is 1.75 bits per heavy atom. The molecule has 0 amide bonds. The molecule has 1 heterocycles. The Kier molecular flexibility index (Phi) is 3.76. The predicted octanol–water partition coefficient (Wildman–Crippen LogP) is 3.08. The van der Waals surface area contributed by atoms with Crippen LogP contribution in [0.1, 0.15) is 18.2 Å². The normalized spacial score (nSPS) is 12.8. The van der Waals surface area contributed by atoms with Gasteiger partial charge in [-0.05, 0) is 35.4 Å². The van der Waals surface area contributed by atoms with E-state index in [4.69, 9.17) is 11.6 Å². The number of carbonyl (C=O) groups excluding carboxylic acids is 1. The van der Waals surface area contributed by atoms with E-state index in [0.717, 1.165) is 6.42 Å². The average molecular weight is 203 g/mol. The number of carbonyl (C=O) groups is 1. The SMILES string of the molecule is CC(CC(=O)Cl)Cc1cccs1. The van der Waals surface area contributed by atoms with Crippen LogP contribution in [0.3, 0.4) is 0 Å². The maximum Gasteiger partial charge on any atom is 0.221 e. The molecule has 1 aromatic heterocycles. The molecule has 66 valence electrons. The summed E-state index contributed by atoms with van der Waals surface area (Å²) in [5, 5.41) is 1.81. The molecule has 0 aliphatic carbocycles. The average Bonchev–Trinajstić information content (AvgIpc) is 2.37. The van der Waals surface area contributed by atoms with Crippen LogP contribution in [0.5, 0.6) is 0 Å². The smallest absolute Gasteiger partial charge is 0.221 e. The Hall–Kier alpha value is -0.340. The van der Waals surface area contributed by atoms with Gasteiger partial charge in [-0.1, -0.05) is 13.0 Å². The molecule has 0 bridgehead atoms. The number of rotatable bonds is 4. The second kappa shape index (κ2) is 4.63. The van der Waals surface area contributed by atoms with Gasteiger partial charge in [0.1, 0.15) is 0 Å². The summed E-state index contributed by atoms with van der Waals surface area (Å²) in [7, 11) is 0. The zero-order valence-corrected chi connectivity index (χ0v) is 8.49. The van der Waals surface area contributed by atoms with Gasteiger partial charge in [0.05, 0.1) is 0 Å². The Bertz CT molecular complexity index is 243. The number of thiophene rings is 1. The Morgan fingerprint density at radius 3 is 3.00 bits per heavy atom. The van der Waals surface area contributed by atoms with Gasteiger partial charge in [-0.3, -0.25) is 4.79 Å². The summed E-state index contributed by atoms with van der Waals surface area (Å²) < 4.78 is 0. The summed E-state index contributed by atoms with van der Waals surface area (Å²) in [6, 6.07) is 4.11. The lowest BCUT2D eigenvalue weighted by Crippen LogP contribution is -2.02. The summed E-state index contributed by atoms with van der Waals surface area (Å²) in [5.74, 6) is 0.355. The molecular weight excluding hydrogens is 192 g/mol. The quantitative estimate of drug-likeness (QED) is 0.686. The van der Waals surface area contributed by atoms with E-state index in [1.807, 2.05) is 18.4 Å². The molecule has 0 aliphatic heterocycles. The molecule has 0 spiro atoms. The molecule has 0 saturated carbocycles. The van der Waals surface area contributed by atoms with Crippen LogP contribution in [0, 0.1) is 5.92 Å². The summed E-state index contributed by atoms with van der Waals surface area (Å²) in [4.78, 5) is 11.9. The van der Waals surface area contributed by atoms with Crippen molar-refractivity contribution in [2.24, 2.45) is 5.92 Å². The molecule has 1 aromatic rings. The van der Waals surface area contributed by atoms with E-state index in [0.29, 0.717) is 12.3 Å². The van der Waals surface area contributed by atoms with Gasteiger partial charge >= 0.3 is 0 Å². The maximum atomic E-state index is 10.6. The summed E-state index contributed by atoms with van der Waals surface area (Å²) >= 11 is 7.00. The zero-order chi connectivity index (χ0) is 8.97. The molecule has 0 aromatic carbocycles. The molecule has 0 N–H and O–H groups in total. The molecule has 1 rings (SSSR count). The summed E-state index contributed by atoms with van der Waals surface area (Å²) in [6.07, 6.45) is 1.43. The van der Waals surface area contributed by atoms with Gasteiger partial charge in [-0.25, -0.2) is 0 Å². The van der Waals surface area contributed by atoms with Crippen molar-refractivity contribution in [1.82, 2.24) is 0 Å². The van der Waals surface area contributed by atoms with Crippen LogP contribution in [0.25, 0.3) is 0 Å². The first-order chi connectivity index (χ1) is 5.68. The third kappa shape index (κ3) is 3.37. The fraction of sp³-hybridized carbons (Fsp3) is 0.444. The van der Waals surface area contributed by atoms with E-state index in [2.05, 4.69) is 6.07 Å². The Labute approximate surface area is 81.4 Å². The topological polar surface area (TPSA) is 17.1 Å². The fourth-order valence-electron chi connectivity index (χ4n) is 1.12. The number of hydrogen-bond donors (Lipinski definition) is 0. The van der Waals surface area contributed by atoms with Crippen LogP contribution in [0.2, 0.25) is 0 Å². The Morgan fingerprint density at radius 2 is 2.50 bits per heavy atom. The standard InChI is InChI=1S/C9H11ClOS/c1-7(6-9(10)11)5-8-3-2-4-12-8/h2-4,7H,5-6H2,1H3. The van der Waals surface area contributed by atoms with Crippen LogP contribution in [-0.4, -0.2) is 5.24 Å². The lowest BCUT2D eigenvalue weighted by Gasteiger charge is -2.05. The second-order valence-electron chi connectivity index (χ2n) is 2.95. The first-order valence-corrected chi connectivity index (χ1v) is 5.15. The molecule has 3 heteroatoms. The first-order valence-electron chi connectivity index (χ1n) is 3.89. The van der Waals surface area contributed by atoms with E-state index in [1.165, 1.54) is 4.88 Å². The fourth-order valence-corrected chi connectivity index (χ4v) is 2.25. The second-order valence-corrected chi connectivity index (χ2v) is 4.40. The van der Waals surface area contributed by atoms with Gasteiger partial charge in [-0.15, -0.1) is 11.3 Å². The molecule has 0 saturated heterocycles. The molecule has 0 fully saturated rings. The predicted molar refractivity (Wildman–Crippen MR) is 52.7 cm³/mol. The minimum absolute atomic E-state index is 0.237. The van der Waals surface area contributed by atoms with Crippen LogP contribution in [0.15, 0.2) is 17.5 Å². The molecule has 1 atom stereocenters. The minimum atomic E-state index is -0.237. The summed E-state index contributed by atoms with van der Waals surface area (Å²) in [5.41, 5.74) is 0. The van der Waals surface area contributed by atoms with Gasteiger partial charge in [0.25, 0.3) is 0 Å². The van der Waals surface area contributed by atoms with Crippen LogP contribution in [-0.2, 0) is 11.2 Å². The molecule has 1 unspecified atom stereocenters. The molecule has 0 radical (unpaired) electrons. The van der Waals surface area contributed by atoms with Crippen molar-refractivity contribution in [3.8, 4) is 0 Å². The highest BCUT2D eigenvalue weighted by atomic mass is 35.5. The van der Waals surface area contributed by atoms with Crippen molar-refractivity contribution in [3.05, 3.63) is 22.4 Å². The largest absolute Gasteiger partial charge is 0.281 e. The Balaban J connectivity index is 2.36. The monoisotopic (exact) mass is 202 g/mol. The third-order valence-electron chi connectivity index (χ3n) is 1.64. The minimum Gasteiger partial charge on any atom is -0.281 e. The maximum absolute atomic E-state index is 10.6. The van der Waals surface area contributed by atoms with Gasteiger partial charge in [0.2, 0.25) is 5.24 Å². The van der Waals surface area contributed by atoms with E-state index in [9.17, 15) is 4.79 Å². The molecule has 12 heavy (non-hydrogen) atoms. The third-order valence-corrected chi connectivity index (χ3v) is 2.69. The van der Waals surface area contributed by atoms with E-state index >= 15 is 0 Å². The van der Waals surface area contributed by atoms with E-state index in [-0.39, 0.29) is 5.24 Å². The van der Waals surface area contributed by atoms with Gasteiger partial charge in [0.15, 0.2) is 0 Å². The molecule has 0 aliphatic rings. The van der Waals surface area contributed by atoms with Crippen LogP contribution >= 0.6 is 22.9 Å². The van der Waals surface area contributed by atoms with Gasteiger partial charge < -0.3 is 0 Å². The molecular formula is C9H11ClOS. The van der Waals surface area contributed by atoms with Crippen molar-refractivity contribution in [2.45, 2.75) is 19.8 Å². The first kappa shape index (κ1) is 9.75. The zero-order valence-electron chi connectivity index (χ0n) is 6.92. The van der Waals surface area contributed by atoms with Crippen molar-refractivity contribution < 1.29 is 4.79 Å².